The number of nitrogens with one attached hydrogen (secondary N) is 1. The number of pyridine rings is 1. The molecular weight excluding hydrogens is 284 g/mol. The van der Waals surface area contributed by atoms with Crippen LogP contribution in [-0.4, -0.2) is 19.2 Å². The van der Waals surface area contributed by atoms with Gasteiger partial charge in [-0.05, 0) is 6.07 Å². The minimum atomic E-state index is -0.184. The van der Waals surface area contributed by atoms with Gasteiger partial charge in [0.2, 0.25) is 11.4 Å². The van der Waals surface area contributed by atoms with Gasteiger partial charge >= 0.3 is 0 Å². The third-order valence-corrected chi connectivity index (χ3v) is 3.40. The Bertz CT molecular complexity index is 1000. The van der Waals surface area contributed by atoms with E-state index in [-0.39, 0.29) is 28.2 Å². The molecule has 3 rings (SSSR count). The van der Waals surface area contributed by atoms with E-state index in [2.05, 4.69) is 11.1 Å². The van der Waals surface area contributed by atoms with Crippen LogP contribution in [0.3, 0.4) is 0 Å². The first-order valence-electron chi connectivity index (χ1n) is 6.34. The number of nitrogens with zero attached hydrogens (tertiary/aromatic N) is 2. The molecule has 0 spiro atoms. The Kier molecular flexibility index (Phi) is 3.07. The van der Waals surface area contributed by atoms with Crippen molar-refractivity contribution in [1.82, 2.24) is 4.98 Å². The van der Waals surface area contributed by atoms with Crippen molar-refractivity contribution in [3.63, 3.8) is 0 Å². The molecule has 0 atom stereocenters. The van der Waals surface area contributed by atoms with E-state index < -0.39 is 0 Å². The van der Waals surface area contributed by atoms with Crippen LogP contribution in [-0.2, 0) is 0 Å². The molecule has 0 bridgehead atoms. The summed E-state index contributed by atoms with van der Waals surface area (Å²) in [7, 11) is 2.91. The maximum absolute atomic E-state index is 9.48. The van der Waals surface area contributed by atoms with Gasteiger partial charge in [-0.1, -0.05) is 12.1 Å². The lowest BCUT2D eigenvalue weighted by Crippen LogP contribution is -2.08. The van der Waals surface area contributed by atoms with E-state index in [1.165, 1.54) is 14.2 Å². The lowest BCUT2D eigenvalue weighted by molar-refractivity contribution is 0.397. The zero-order valence-electron chi connectivity index (χ0n) is 11.9. The van der Waals surface area contributed by atoms with Gasteiger partial charge < -0.3 is 19.6 Å². The van der Waals surface area contributed by atoms with Gasteiger partial charge in [0.1, 0.15) is 17.5 Å². The number of nitrogens with two attached hydrogens (primary N) is 1. The predicted octanol–water partition coefficient (Wildman–Crippen LogP) is 1.93. The van der Waals surface area contributed by atoms with Crippen LogP contribution in [0.5, 0.6) is 11.6 Å². The van der Waals surface area contributed by atoms with E-state index in [0.29, 0.717) is 22.1 Å². The van der Waals surface area contributed by atoms with Gasteiger partial charge in [-0.25, -0.2) is 0 Å². The van der Waals surface area contributed by atoms with Crippen molar-refractivity contribution in [2.75, 3.05) is 20.0 Å². The van der Waals surface area contributed by atoms with Crippen LogP contribution in [0.2, 0.25) is 0 Å². The van der Waals surface area contributed by atoms with Crippen LogP contribution < -0.4 is 20.8 Å². The summed E-state index contributed by atoms with van der Waals surface area (Å²) in [4.78, 5) is 4.02. The minimum Gasteiger partial charge on any atom is -0.493 e. The first-order valence-corrected chi connectivity index (χ1v) is 6.34. The molecule has 22 heavy (non-hydrogen) atoms. The highest BCUT2D eigenvalue weighted by atomic mass is 16.5. The van der Waals surface area contributed by atoms with Crippen LogP contribution in [0.4, 0.5) is 5.82 Å². The van der Waals surface area contributed by atoms with E-state index in [9.17, 15) is 5.26 Å². The van der Waals surface area contributed by atoms with Crippen molar-refractivity contribution in [3.8, 4) is 17.7 Å². The fourth-order valence-corrected chi connectivity index (χ4v) is 2.46. The van der Waals surface area contributed by atoms with Crippen LogP contribution in [0.15, 0.2) is 22.6 Å². The molecule has 2 aromatic heterocycles. The first kappa shape index (κ1) is 13.7. The summed E-state index contributed by atoms with van der Waals surface area (Å²) in [6.07, 6.45) is 0. The van der Waals surface area contributed by atoms with Crippen molar-refractivity contribution >= 4 is 27.6 Å². The van der Waals surface area contributed by atoms with Crippen molar-refractivity contribution in [1.29, 1.82) is 10.7 Å². The number of nitriles is 1. The van der Waals surface area contributed by atoms with Crippen molar-refractivity contribution in [2.45, 2.75) is 0 Å². The zero-order valence-corrected chi connectivity index (χ0v) is 11.9. The molecule has 0 aliphatic heterocycles. The number of aromatic nitrogens is 1. The van der Waals surface area contributed by atoms with Crippen molar-refractivity contribution < 1.29 is 13.9 Å². The molecule has 2 heterocycles. The number of nitrogen functional groups attached to an aromatic ring is 1. The van der Waals surface area contributed by atoms with E-state index in [1.807, 2.05) is 0 Å². The second-order valence-electron chi connectivity index (χ2n) is 4.51. The average Bonchev–Trinajstić information content (AvgIpc) is 2.53. The monoisotopic (exact) mass is 296 g/mol. The summed E-state index contributed by atoms with van der Waals surface area (Å²) >= 11 is 0. The summed E-state index contributed by atoms with van der Waals surface area (Å²) in [5.74, 6) is 0.651. The fourth-order valence-electron chi connectivity index (χ4n) is 2.46. The summed E-state index contributed by atoms with van der Waals surface area (Å²) < 4.78 is 15.9. The molecule has 0 fully saturated rings. The molecule has 0 amide bonds. The number of fused-ring (bicyclic) bond motifs is 3. The number of hydrogen-bond acceptors (Lipinski definition) is 7. The van der Waals surface area contributed by atoms with E-state index in [1.54, 1.807) is 18.2 Å². The van der Waals surface area contributed by atoms with Gasteiger partial charge in [0.25, 0.3) is 0 Å². The maximum atomic E-state index is 9.48. The largest absolute Gasteiger partial charge is 0.493 e. The van der Waals surface area contributed by atoms with Crippen molar-refractivity contribution in [2.24, 2.45) is 0 Å². The normalized spacial score (nSPS) is 10.6. The standard InChI is InChI=1S/C15H12N4O3/c1-20-9-5-3-4-7-10-8(6-16)15(21-2)19-13(17)11(10)14(18)22-12(7)9/h3-5,18H,1-2H3,(H2,17,19). The quantitative estimate of drug-likeness (QED) is 0.697. The summed E-state index contributed by atoms with van der Waals surface area (Å²) in [6.45, 7) is 0. The molecule has 0 radical (unpaired) electrons. The minimum absolute atomic E-state index is 0.0734. The number of para-hydroxylation sites is 1. The Morgan fingerprint density at radius 3 is 2.68 bits per heavy atom. The number of anilines is 1. The van der Waals surface area contributed by atoms with Crippen molar-refractivity contribution in [3.05, 3.63) is 29.3 Å². The smallest absolute Gasteiger partial charge is 0.234 e. The Morgan fingerprint density at radius 1 is 1.27 bits per heavy atom. The number of methoxy groups -OCH3 is 2. The molecule has 7 nitrogen and oxygen atoms in total. The lowest BCUT2D eigenvalue weighted by Gasteiger charge is -2.11. The average molecular weight is 296 g/mol. The Hall–Kier alpha value is -3.27. The third kappa shape index (κ3) is 1.74. The van der Waals surface area contributed by atoms with Gasteiger partial charge in [-0.2, -0.15) is 10.2 Å². The number of benzene rings is 1. The Morgan fingerprint density at radius 2 is 2.05 bits per heavy atom. The van der Waals surface area contributed by atoms with E-state index >= 15 is 0 Å². The molecule has 0 saturated carbocycles. The molecule has 1 aromatic carbocycles. The van der Waals surface area contributed by atoms with Gasteiger partial charge in [0.05, 0.1) is 19.6 Å². The SMILES string of the molecule is COc1nc(N)c2c(=N)oc3c(OC)cccc3c2c1C#N. The third-order valence-electron chi connectivity index (χ3n) is 3.40. The molecule has 0 aliphatic carbocycles. The number of ether oxygens (including phenoxy) is 2. The van der Waals surface area contributed by atoms with Crippen LogP contribution in [0.1, 0.15) is 5.56 Å². The van der Waals surface area contributed by atoms with Gasteiger partial charge in [-0.15, -0.1) is 0 Å². The zero-order chi connectivity index (χ0) is 15.9. The molecule has 3 aromatic rings. The lowest BCUT2D eigenvalue weighted by atomic mass is 10.0. The summed E-state index contributed by atoms with van der Waals surface area (Å²) in [6, 6.07) is 7.31. The first-order chi connectivity index (χ1) is 10.6. The second-order valence-corrected chi connectivity index (χ2v) is 4.51. The predicted molar refractivity (Wildman–Crippen MR) is 79.6 cm³/mol. The summed E-state index contributed by atoms with van der Waals surface area (Å²) in [5, 5.41) is 18.9. The molecule has 7 heteroatoms. The van der Waals surface area contributed by atoms with Crippen LogP contribution >= 0.6 is 0 Å². The molecule has 0 aliphatic rings. The Labute approximate surface area is 125 Å². The van der Waals surface area contributed by atoms with E-state index in [0.717, 1.165) is 0 Å². The molecule has 110 valence electrons. The van der Waals surface area contributed by atoms with Gasteiger partial charge in [-0.3, -0.25) is 5.41 Å². The second kappa shape index (κ2) is 4.93. The summed E-state index contributed by atoms with van der Waals surface area (Å²) in [5.41, 5.74) is 6.29. The molecule has 0 saturated heterocycles. The Balaban J connectivity index is 2.70. The highest BCUT2D eigenvalue weighted by Crippen LogP contribution is 2.35. The number of rotatable bonds is 2. The van der Waals surface area contributed by atoms with Crippen LogP contribution in [0.25, 0.3) is 21.7 Å². The maximum Gasteiger partial charge on any atom is 0.234 e. The van der Waals surface area contributed by atoms with Gasteiger partial charge in [0, 0.05) is 10.8 Å². The topological polar surface area (TPSA) is 118 Å². The molecule has 0 unspecified atom stereocenters. The number of hydrogen-bond donors (Lipinski definition) is 2. The van der Waals surface area contributed by atoms with Gasteiger partial charge in [0.15, 0.2) is 11.3 Å². The molecule has 3 N–H and O–H groups in total. The van der Waals surface area contributed by atoms with Crippen LogP contribution in [0, 0.1) is 16.7 Å². The van der Waals surface area contributed by atoms with E-state index in [4.69, 9.17) is 25.0 Å². The highest BCUT2D eigenvalue weighted by Gasteiger charge is 2.19. The fraction of sp³-hybridized carbons (Fsp3) is 0.133. The highest BCUT2D eigenvalue weighted by molar-refractivity contribution is 6.12. The molecular formula is C15H12N4O3.